The van der Waals surface area contributed by atoms with Crippen LogP contribution in [-0.2, 0) is 0 Å². The number of ether oxygens (including phenoxy) is 1. The number of rotatable bonds is 5. The summed E-state index contributed by atoms with van der Waals surface area (Å²) in [7, 11) is 0. The number of benzene rings is 2. The molecule has 0 amide bonds. The topological polar surface area (TPSA) is 21.3 Å². The molecule has 0 spiro atoms. The van der Waals surface area contributed by atoms with Crippen LogP contribution in [-0.4, -0.2) is 19.2 Å². The molecule has 18 heavy (non-hydrogen) atoms. The van der Waals surface area contributed by atoms with Crippen molar-refractivity contribution in [2.45, 2.75) is 20.0 Å². The second-order valence-electron chi connectivity index (χ2n) is 4.33. The van der Waals surface area contributed by atoms with Crippen LogP contribution in [0.3, 0.4) is 0 Å². The highest BCUT2D eigenvalue weighted by Gasteiger charge is 2.09. The van der Waals surface area contributed by atoms with Gasteiger partial charge in [-0.15, -0.1) is 0 Å². The highest BCUT2D eigenvalue weighted by atomic mass is 79.9. The Morgan fingerprint density at radius 1 is 1.22 bits per heavy atom. The van der Waals surface area contributed by atoms with E-state index in [1.54, 1.807) is 0 Å². The van der Waals surface area contributed by atoms with Crippen LogP contribution in [0.15, 0.2) is 40.9 Å². The van der Waals surface area contributed by atoms with Crippen molar-refractivity contribution < 1.29 is 4.74 Å². The fourth-order valence-electron chi connectivity index (χ4n) is 1.91. The van der Waals surface area contributed by atoms with Crippen LogP contribution in [0.25, 0.3) is 10.8 Å². The number of likely N-dealkylation sites (N-methyl/N-ethyl adjacent to an activating group) is 1. The van der Waals surface area contributed by atoms with E-state index in [4.69, 9.17) is 4.74 Å². The summed E-state index contributed by atoms with van der Waals surface area (Å²) >= 11 is 3.63. The van der Waals surface area contributed by atoms with Crippen LogP contribution < -0.4 is 10.1 Å². The minimum atomic E-state index is 0.155. The third kappa shape index (κ3) is 3.03. The lowest BCUT2D eigenvalue weighted by Gasteiger charge is -2.17. The Bertz CT molecular complexity index is 527. The van der Waals surface area contributed by atoms with Gasteiger partial charge in [-0.2, -0.15) is 0 Å². The second kappa shape index (κ2) is 6.21. The van der Waals surface area contributed by atoms with Gasteiger partial charge in [0.05, 0.1) is 4.47 Å². The first-order chi connectivity index (χ1) is 8.72. The Balaban J connectivity index is 2.21. The molecule has 0 aromatic heterocycles. The van der Waals surface area contributed by atoms with E-state index in [0.29, 0.717) is 0 Å². The van der Waals surface area contributed by atoms with Crippen molar-refractivity contribution in [1.82, 2.24) is 5.32 Å². The summed E-state index contributed by atoms with van der Waals surface area (Å²) < 4.78 is 6.98. The molecule has 0 saturated carbocycles. The Hall–Kier alpha value is -1.06. The second-order valence-corrected chi connectivity index (χ2v) is 5.13. The lowest BCUT2D eigenvalue weighted by Crippen LogP contribution is -2.28. The predicted octanol–water partition coefficient (Wildman–Crippen LogP) is 3.98. The molecule has 3 heteroatoms. The first kappa shape index (κ1) is 13.4. The molecule has 1 atom stereocenters. The zero-order chi connectivity index (χ0) is 13.0. The number of nitrogens with one attached hydrogen (secondary N) is 1. The van der Waals surface area contributed by atoms with E-state index in [9.17, 15) is 0 Å². The van der Waals surface area contributed by atoms with Crippen molar-refractivity contribution in [2.75, 3.05) is 13.1 Å². The number of hydrogen-bond acceptors (Lipinski definition) is 2. The summed E-state index contributed by atoms with van der Waals surface area (Å²) in [6.07, 6.45) is 0.155. The Morgan fingerprint density at radius 2 is 2.00 bits per heavy atom. The van der Waals surface area contributed by atoms with E-state index in [-0.39, 0.29) is 6.10 Å². The molecule has 0 fully saturated rings. The molecular formula is C15H18BrNO. The van der Waals surface area contributed by atoms with Gasteiger partial charge in [0.2, 0.25) is 0 Å². The van der Waals surface area contributed by atoms with Gasteiger partial charge in [0.25, 0.3) is 0 Å². The summed E-state index contributed by atoms with van der Waals surface area (Å²) in [4.78, 5) is 0. The molecule has 0 heterocycles. The van der Waals surface area contributed by atoms with Gasteiger partial charge in [0, 0.05) is 6.54 Å². The molecule has 96 valence electrons. The van der Waals surface area contributed by atoms with Gasteiger partial charge in [-0.05, 0) is 46.2 Å². The largest absolute Gasteiger partial charge is 0.488 e. The smallest absolute Gasteiger partial charge is 0.134 e. The highest BCUT2D eigenvalue weighted by molar-refractivity contribution is 9.10. The molecule has 0 aliphatic rings. The summed E-state index contributed by atoms with van der Waals surface area (Å²) in [6, 6.07) is 12.4. The van der Waals surface area contributed by atoms with Crippen LogP contribution in [0.5, 0.6) is 5.75 Å². The molecule has 2 aromatic carbocycles. The third-order valence-electron chi connectivity index (χ3n) is 2.84. The number of halogens is 1. The third-order valence-corrected chi connectivity index (χ3v) is 3.66. The number of fused-ring (bicyclic) bond motifs is 1. The van der Waals surface area contributed by atoms with Gasteiger partial charge in [-0.25, -0.2) is 0 Å². The molecule has 2 rings (SSSR count). The molecule has 2 nitrogen and oxygen atoms in total. The van der Waals surface area contributed by atoms with Crippen LogP contribution >= 0.6 is 15.9 Å². The van der Waals surface area contributed by atoms with E-state index in [1.165, 1.54) is 10.8 Å². The molecule has 1 N–H and O–H groups in total. The van der Waals surface area contributed by atoms with Crippen molar-refractivity contribution in [3.8, 4) is 5.75 Å². The van der Waals surface area contributed by atoms with Gasteiger partial charge < -0.3 is 10.1 Å². The van der Waals surface area contributed by atoms with Crippen LogP contribution in [0.1, 0.15) is 13.8 Å². The van der Waals surface area contributed by atoms with Crippen LogP contribution in [0, 0.1) is 0 Å². The monoisotopic (exact) mass is 307 g/mol. The lowest BCUT2D eigenvalue weighted by atomic mass is 10.1. The van der Waals surface area contributed by atoms with E-state index in [1.807, 2.05) is 18.2 Å². The van der Waals surface area contributed by atoms with Crippen molar-refractivity contribution in [3.63, 3.8) is 0 Å². The Kier molecular flexibility index (Phi) is 4.61. The maximum absolute atomic E-state index is 5.95. The minimum absolute atomic E-state index is 0.155. The van der Waals surface area contributed by atoms with Gasteiger partial charge >= 0.3 is 0 Å². The standard InChI is InChI=1S/C15H18BrNO/c1-3-17-10-11(2)18-14-9-8-12-6-4-5-7-13(12)15(14)16/h4-9,11,17H,3,10H2,1-2H3. The fourth-order valence-corrected chi connectivity index (χ4v) is 2.50. The lowest BCUT2D eigenvalue weighted by molar-refractivity contribution is 0.217. The van der Waals surface area contributed by atoms with Crippen molar-refractivity contribution in [2.24, 2.45) is 0 Å². The van der Waals surface area contributed by atoms with Crippen molar-refractivity contribution in [3.05, 3.63) is 40.9 Å². The van der Waals surface area contributed by atoms with Crippen LogP contribution in [0.4, 0.5) is 0 Å². The van der Waals surface area contributed by atoms with E-state index in [2.05, 4.69) is 53.3 Å². The van der Waals surface area contributed by atoms with Crippen molar-refractivity contribution >= 4 is 26.7 Å². The summed E-state index contributed by atoms with van der Waals surface area (Å²) in [5.41, 5.74) is 0. The average molecular weight is 308 g/mol. The van der Waals surface area contributed by atoms with E-state index < -0.39 is 0 Å². The quantitative estimate of drug-likeness (QED) is 0.902. The maximum atomic E-state index is 5.95. The molecule has 0 aliphatic carbocycles. The van der Waals surface area contributed by atoms with Gasteiger partial charge in [0.15, 0.2) is 0 Å². The minimum Gasteiger partial charge on any atom is -0.488 e. The van der Waals surface area contributed by atoms with Crippen LogP contribution in [0.2, 0.25) is 0 Å². The highest BCUT2D eigenvalue weighted by Crippen LogP contribution is 2.33. The molecule has 2 aromatic rings. The zero-order valence-electron chi connectivity index (χ0n) is 10.7. The van der Waals surface area contributed by atoms with Gasteiger partial charge in [-0.3, -0.25) is 0 Å². The van der Waals surface area contributed by atoms with Gasteiger partial charge in [0.1, 0.15) is 11.9 Å². The molecule has 0 aliphatic heterocycles. The first-order valence-corrected chi connectivity index (χ1v) is 7.06. The molecule has 1 unspecified atom stereocenters. The van der Waals surface area contributed by atoms with E-state index >= 15 is 0 Å². The number of hydrogen-bond donors (Lipinski definition) is 1. The predicted molar refractivity (Wildman–Crippen MR) is 80.3 cm³/mol. The summed E-state index contributed by atoms with van der Waals surface area (Å²) in [5.74, 6) is 0.902. The fraction of sp³-hybridized carbons (Fsp3) is 0.333. The average Bonchev–Trinajstić information content (AvgIpc) is 2.40. The zero-order valence-corrected chi connectivity index (χ0v) is 12.3. The van der Waals surface area contributed by atoms with Crippen molar-refractivity contribution in [1.29, 1.82) is 0 Å². The molecule has 0 radical (unpaired) electrons. The summed E-state index contributed by atoms with van der Waals surface area (Å²) in [6.45, 7) is 5.99. The molecule has 0 saturated heterocycles. The SMILES string of the molecule is CCNCC(C)Oc1ccc2ccccc2c1Br. The maximum Gasteiger partial charge on any atom is 0.134 e. The Morgan fingerprint density at radius 3 is 2.78 bits per heavy atom. The summed E-state index contributed by atoms with van der Waals surface area (Å²) in [5, 5.41) is 5.69. The van der Waals surface area contributed by atoms with E-state index in [0.717, 1.165) is 23.3 Å². The first-order valence-electron chi connectivity index (χ1n) is 6.27. The van der Waals surface area contributed by atoms with Gasteiger partial charge in [-0.1, -0.05) is 37.3 Å². The molecular weight excluding hydrogens is 290 g/mol. The molecule has 0 bridgehead atoms. The normalized spacial score (nSPS) is 12.6. The Labute approximate surface area is 116 Å².